The van der Waals surface area contributed by atoms with E-state index in [1.165, 1.54) is 27.5 Å². The predicted molar refractivity (Wildman–Crippen MR) is 107 cm³/mol. The van der Waals surface area contributed by atoms with E-state index in [0.29, 0.717) is 0 Å². The quantitative estimate of drug-likeness (QED) is 0.824. The van der Waals surface area contributed by atoms with Crippen LogP contribution in [0, 0.1) is 6.92 Å². The molecule has 130 valence electrons. The maximum absolute atomic E-state index is 3.40. The number of aryl methyl sites for hydroxylation is 1. The van der Waals surface area contributed by atoms with Gasteiger partial charge in [-0.25, -0.2) is 5.43 Å². The van der Waals surface area contributed by atoms with Crippen molar-refractivity contribution in [3.8, 4) is 0 Å². The molecule has 0 fully saturated rings. The molecule has 2 heterocycles. The van der Waals surface area contributed by atoms with E-state index >= 15 is 0 Å². The molecule has 6 heteroatoms. The Labute approximate surface area is 153 Å². The van der Waals surface area contributed by atoms with E-state index in [2.05, 4.69) is 96.1 Å². The van der Waals surface area contributed by atoms with E-state index in [-0.39, 0.29) is 5.50 Å². The van der Waals surface area contributed by atoms with Crippen LogP contribution in [-0.2, 0) is 0 Å². The highest BCUT2D eigenvalue weighted by Gasteiger charge is 2.28. The van der Waals surface area contributed by atoms with E-state index in [1.54, 1.807) is 0 Å². The lowest BCUT2D eigenvalue weighted by Crippen LogP contribution is -2.44. The number of fused-ring (bicyclic) bond motifs is 2. The third-order valence-corrected chi connectivity index (χ3v) is 6.02. The Bertz CT molecular complexity index is 803. The predicted octanol–water partition coefficient (Wildman–Crippen LogP) is 3.30. The molecule has 1 atom stereocenters. The van der Waals surface area contributed by atoms with Crippen molar-refractivity contribution in [3.63, 3.8) is 0 Å². The summed E-state index contributed by atoms with van der Waals surface area (Å²) in [5, 5.41) is 0. The molecule has 1 unspecified atom stereocenters. The zero-order chi connectivity index (χ0) is 17.6. The van der Waals surface area contributed by atoms with Gasteiger partial charge in [0.2, 0.25) is 0 Å². The molecule has 0 saturated heterocycles. The van der Waals surface area contributed by atoms with E-state index in [9.17, 15) is 0 Å². The number of rotatable bonds is 3. The van der Waals surface area contributed by atoms with Gasteiger partial charge in [-0.3, -0.25) is 0 Å². The molecule has 0 saturated carbocycles. The summed E-state index contributed by atoms with van der Waals surface area (Å²) >= 11 is 1.83. The molecule has 0 amide bonds. The zero-order valence-corrected chi connectivity index (χ0v) is 15.8. The topological polar surface area (TPSA) is 33.8 Å². The molecule has 2 aliphatic heterocycles. The summed E-state index contributed by atoms with van der Waals surface area (Å²) in [4.78, 5) is 7.94. The van der Waals surface area contributed by atoms with E-state index in [0.717, 1.165) is 5.82 Å². The van der Waals surface area contributed by atoms with Gasteiger partial charge in [0, 0.05) is 26.0 Å². The Morgan fingerprint density at radius 2 is 1.64 bits per heavy atom. The number of hydrogen-bond donors (Lipinski definition) is 2. The average molecular weight is 353 g/mol. The fraction of sp³-hybridized carbons (Fsp3) is 0.263. The first-order chi connectivity index (χ1) is 12.1. The number of nitrogens with one attached hydrogen (secondary N) is 2. The second-order valence-electron chi connectivity index (χ2n) is 6.45. The van der Waals surface area contributed by atoms with Crippen molar-refractivity contribution in [2.75, 3.05) is 35.8 Å². The SMILES string of the molecule is Cc1ccc2c(c1)SC(NNC=C1N(C)c3ccccc3N1C)N2C. The number of para-hydroxylation sites is 2. The number of anilines is 3. The van der Waals surface area contributed by atoms with Crippen molar-refractivity contribution in [3.05, 3.63) is 60.0 Å². The van der Waals surface area contributed by atoms with Gasteiger partial charge in [-0.05, 0) is 36.8 Å². The average Bonchev–Trinajstić information content (AvgIpc) is 3.04. The van der Waals surface area contributed by atoms with Crippen LogP contribution in [0.2, 0.25) is 0 Å². The van der Waals surface area contributed by atoms with Gasteiger partial charge in [-0.15, -0.1) is 0 Å². The summed E-state index contributed by atoms with van der Waals surface area (Å²) in [5.41, 5.74) is 11.8. The summed E-state index contributed by atoms with van der Waals surface area (Å²) in [6, 6.07) is 15.0. The first kappa shape index (κ1) is 16.2. The lowest BCUT2D eigenvalue weighted by Gasteiger charge is -2.24. The molecule has 2 N–H and O–H groups in total. The van der Waals surface area contributed by atoms with Gasteiger partial charge in [0.1, 0.15) is 11.3 Å². The van der Waals surface area contributed by atoms with Crippen molar-refractivity contribution in [1.82, 2.24) is 10.9 Å². The highest BCUT2D eigenvalue weighted by molar-refractivity contribution is 8.00. The van der Waals surface area contributed by atoms with Crippen LogP contribution in [-0.4, -0.2) is 26.6 Å². The number of benzene rings is 2. The maximum atomic E-state index is 3.40. The Balaban J connectivity index is 1.44. The second-order valence-corrected chi connectivity index (χ2v) is 7.57. The molecule has 2 aromatic carbocycles. The van der Waals surface area contributed by atoms with Gasteiger partial charge in [-0.2, -0.15) is 0 Å². The van der Waals surface area contributed by atoms with Crippen LogP contribution in [0.3, 0.4) is 0 Å². The van der Waals surface area contributed by atoms with Crippen molar-refractivity contribution in [2.24, 2.45) is 0 Å². The van der Waals surface area contributed by atoms with Crippen molar-refractivity contribution in [2.45, 2.75) is 17.3 Å². The molecular weight excluding hydrogens is 330 g/mol. The first-order valence-corrected chi connectivity index (χ1v) is 9.22. The molecule has 2 aliphatic rings. The molecule has 0 bridgehead atoms. The van der Waals surface area contributed by atoms with Crippen molar-refractivity contribution >= 4 is 28.8 Å². The molecule has 5 nitrogen and oxygen atoms in total. The summed E-state index contributed by atoms with van der Waals surface area (Å²) in [6.07, 6.45) is 2.02. The molecular formula is C19H23N5S. The van der Waals surface area contributed by atoms with Crippen molar-refractivity contribution in [1.29, 1.82) is 0 Å². The summed E-state index contributed by atoms with van der Waals surface area (Å²) in [5.74, 6) is 1.10. The van der Waals surface area contributed by atoms with Crippen LogP contribution in [0.15, 0.2) is 59.4 Å². The molecule has 0 aromatic heterocycles. The van der Waals surface area contributed by atoms with Crippen LogP contribution in [0.4, 0.5) is 17.1 Å². The normalized spacial score (nSPS) is 18.5. The van der Waals surface area contributed by atoms with Gasteiger partial charge in [0.05, 0.1) is 23.3 Å². The monoisotopic (exact) mass is 353 g/mol. The lowest BCUT2D eigenvalue weighted by molar-refractivity contribution is 0.586. The Hall–Kier alpha value is -2.31. The van der Waals surface area contributed by atoms with Crippen LogP contribution in [0.25, 0.3) is 0 Å². The summed E-state index contributed by atoms with van der Waals surface area (Å²) in [7, 11) is 6.29. The Morgan fingerprint density at radius 3 is 2.32 bits per heavy atom. The van der Waals surface area contributed by atoms with Crippen LogP contribution in [0.1, 0.15) is 5.56 Å². The second kappa shape index (κ2) is 6.20. The number of hydrazine groups is 1. The molecule has 0 aliphatic carbocycles. The van der Waals surface area contributed by atoms with E-state index in [4.69, 9.17) is 0 Å². The third kappa shape index (κ3) is 2.71. The largest absolute Gasteiger partial charge is 0.348 e. The van der Waals surface area contributed by atoms with E-state index in [1.807, 2.05) is 18.0 Å². The van der Waals surface area contributed by atoms with Gasteiger partial charge < -0.3 is 20.1 Å². The van der Waals surface area contributed by atoms with Gasteiger partial charge in [-0.1, -0.05) is 30.0 Å². The molecule has 4 rings (SSSR count). The third-order valence-electron chi connectivity index (χ3n) is 4.79. The van der Waals surface area contributed by atoms with Gasteiger partial charge in [0.25, 0.3) is 0 Å². The number of nitrogens with zero attached hydrogens (tertiary/aromatic N) is 3. The standard InChI is InChI=1S/C19H23N5S/c1-13-9-10-16-17(11-13)25-19(24(16)4)21-20-12-18-22(2)14-7-5-6-8-15(14)23(18)3/h5-12,19-21H,1-4H3. The molecule has 2 aromatic rings. The minimum atomic E-state index is 0.160. The minimum Gasteiger partial charge on any atom is -0.348 e. The Kier molecular flexibility index (Phi) is 4.01. The van der Waals surface area contributed by atoms with Gasteiger partial charge >= 0.3 is 0 Å². The smallest absolute Gasteiger partial charge is 0.149 e. The van der Waals surface area contributed by atoms with E-state index < -0.39 is 0 Å². The highest BCUT2D eigenvalue weighted by Crippen LogP contribution is 2.41. The molecule has 0 spiro atoms. The van der Waals surface area contributed by atoms with Gasteiger partial charge in [0.15, 0.2) is 0 Å². The van der Waals surface area contributed by atoms with Crippen LogP contribution >= 0.6 is 11.8 Å². The van der Waals surface area contributed by atoms with Crippen LogP contribution < -0.4 is 25.6 Å². The Morgan fingerprint density at radius 1 is 0.960 bits per heavy atom. The van der Waals surface area contributed by atoms with Crippen LogP contribution in [0.5, 0.6) is 0 Å². The lowest BCUT2D eigenvalue weighted by atomic mass is 10.2. The summed E-state index contributed by atoms with van der Waals surface area (Å²) < 4.78 is 0. The summed E-state index contributed by atoms with van der Waals surface area (Å²) in [6.45, 7) is 2.13. The fourth-order valence-corrected chi connectivity index (χ4v) is 4.56. The van der Waals surface area contributed by atoms with Crippen molar-refractivity contribution < 1.29 is 0 Å². The zero-order valence-electron chi connectivity index (χ0n) is 14.9. The minimum absolute atomic E-state index is 0.160. The number of hydrogen-bond acceptors (Lipinski definition) is 6. The first-order valence-electron chi connectivity index (χ1n) is 8.34. The fourth-order valence-electron chi connectivity index (χ4n) is 3.33. The molecule has 0 radical (unpaired) electrons. The highest BCUT2D eigenvalue weighted by atomic mass is 32.2. The number of thioether (sulfide) groups is 1. The maximum Gasteiger partial charge on any atom is 0.149 e. The molecule has 25 heavy (non-hydrogen) atoms.